The summed E-state index contributed by atoms with van der Waals surface area (Å²) in [5, 5.41) is 0. The Bertz CT molecular complexity index is 475. The van der Waals surface area contributed by atoms with E-state index in [0.29, 0.717) is 6.20 Å². The lowest BCUT2D eigenvalue weighted by atomic mass is 10.1. The van der Waals surface area contributed by atoms with Gasteiger partial charge in [0.25, 0.3) is 6.43 Å². The number of esters is 1. The Morgan fingerprint density at radius 3 is 2.39 bits per heavy atom. The zero-order chi connectivity index (χ0) is 14.1. The molecule has 0 N–H and O–H groups in total. The molecule has 1 rings (SSSR count). The molecule has 0 spiro atoms. The van der Waals surface area contributed by atoms with Gasteiger partial charge in [-0.3, -0.25) is 0 Å². The Morgan fingerprint density at radius 1 is 1.44 bits per heavy atom. The minimum atomic E-state index is -5.01. The number of alkyl halides is 5. The van der Waals surface area contributed by atoms with Crippen LogP contribution in [0.25, 0.3) is 0 Å². The third-order valence-electron chi connectivity index (χ3n) is 1.95. The van der Waals surface area contributed by atoms with Crippen LogP contribution in [0.4, 0.5) is 22.0 Å². The fourth-order valence-electron chi connectivity index (χ4n) is 1.19. The average Bonchev–Trinajstić information content (AvgIpc) is 2.25. The van der Waals surface area contributed by atoms with Crippen molar-refractivity contribution in [3.05, 3.63) is 26.6 Å². The first-order valence-corrected chi connectivity index (χ1v) is 5.40. The van der Waals surface area contributed by atoms with Crippen LogP contribution in [0.15, 0.2) is 6.20 Å². The van der Waals surface area contributed by atoms with Gasteiger partial charge in [-0.05, 0) is 22.6 Å². The van der Waals surface area contributed by atoms with Gasteiger partial charge in [0.15, 0.2) is 5.69 Å². The SMILES string of the molecule is COC(=O)c1ncc(C(F)F)c(C(F)(F)F)c1I. The van der Waals surface area contributed by atoms with E-state index in [1.807, 2.05) is 0 Å². The molecule has 0 atom stereocenters. The van der Waals surface area contributed by atoms with Gasteiger partial charge in [0.1, 0.15) is 0 Å². The Morgan fingerprint density at radius 2 is 2.00 bits per heavy atom. The standard InChI is InChI=1S/C9H5F5INO2/c1-18-8(17)6-5(15)4(9(12,13)14)3(2-16-6)7(10)11/h2,7H,1H3. The van der Waals surface area contributed by atoms with Gasteiger partial charge in [0.05, 0.1) is 16.2 Å². The number of hydrogen-bond acceptors (Lipinski definition) is 3. The lowest BCUT2D eigenvalue weighted by molar-refractivity contribution is -0.140. The van der Waals surface area contributed by atoms with Crippen molar-refractivity contribution >= 4 is 28.6 Å². The van der Waals surface area contributed by atoms with Gasteiger partial charge in [0, 0.05) is 11.8 Å². The zero-order valence-corrected chi connectivity index (χ0v) is 10.8. The van der Waals surface area contributed by atoms with E-state index < -0.39 is 39.0 Å². The second kappa shape index (κ2) is 5.33. The summed E-state index contributed by atoms with van der Waals surface area (Å²) in [5.74, 6) is -1.12. The van der Waals surface area contributed by atoms with Crippen molar-refractivity contribution < 1.29 is 31.5 Å². The zero-order valence-electron chi connectivity index (χ0n) is 8.69. The number of carbonyl (C=O) groups is 1. The molecule has 18 heavy (non-hydrogen) atoms. The Balaban J connectivity index is 3.55. The van der Waals surface area contributed by atoms with Crippen LogP contribution in [0.1, 0.15) is 28.0 Å². The highest BCUT2D eigenvalue weighted by atomic mass is 127. The lowest BCUT2D eigenvalue weighted by Crippen LogP contribution is -2.17. The smallest absolute Gasteiger partial charge is 0.418 e. The Kier molecular flexibility index (Phi) is 4.46. The summed E-state index contributed by atoms with van der Waals surface area (Å²) in [4.78, 5) is 14.4. The predicted octanol–water partition coefficient (Wildman–Crippen LogP) is 3.43. The normalized spacial score (nSPS) is 11.8. The molecule has 0 unspecified atom stereocenters. The number of halogens is 6. The number of aromatic nitrogens is 1. The summed E-state index contributed by atoms with van der Waals surface area (Å²) in [5.41, 5.74) is -3.47. The monoisotopic (exact) mass is 381 g/mol. The largest absolute Gasteiger partial charge is 0.464 e. The Labute approximate surface area is 111 Å². The third kappa shape index (κ3) is 2.87. The number of nitrogens with zero attached hydrogens (tertiary/aromatic N) is 1. The summed E-state index contributed by atoms with van der Waals surface area (Å²) in [6, 6.07) is 0. The number of carbonyl (C=O) groups excluding carboxylic acids is 1. The first kappa shape index (κ1) is 15.1. The van der Waals surface area contributed by atoms with Crippen molar-refractivity contribution in [1.82, 2.24) is 4.98 Å². The van der Waals surface area contributed by atoms with Gasteiger partial charge in [-0.2, -0.15) is 13.2 Å². The molecule has 0 radical (unpaired) electrons. The van der Waals surface area contributed by atoms with Crippen molar-refractivity contribution in [2.45, 2.75) is 12.6 Å². The van der Waals surface area contributed by atoms with Crippen LogP contribution in [0.5, 0.6) is 0 Å². The molecule has 0 amide bonds. The van der Waals surface area contributed by atoms with Crippen molar-refractivity contribution in [3.8, 4) is 0 Å². The molecule has 1 aromatic rings. The molecule has 0 bridgehead atoms. The molecular weight excluding hydrogens is 376 g/mol. The molecule has 3 nitrogen and oxygen atoms in total. The fourth-order valence-corrected chi connectivity index (χ4v) is 2.17. The Hall–Kier alpha value is -1.00. The van der Waals surface area contributed by atoms with Gasteiger partial charge < -0.3 is 4.74 Å². The molecule has 0 fully saturated rings. The van der Waals surface area contributed by atoms with Crippen molar-refractivity contribution in [3.63, 3.8) is 0 Å². The second-order valence-electron chi connectivity index (χ2n) is 3.04. The molecule has 0 saturated heterocycles. The predicted molar refractivity (Wildman–Crippen MR) is 58.3 cm³/mol. The summed E-state index contributed by atoms with van der Waals surface area (Å²) < 4.78 is 66.6. The molecule has 0 saturated carbocycles. The maximum absolute atomic E-state index is 12.7. The van der Waals surface area contributed by atoms with Crippen LogP contribution >= 0.6 is 22.6 Å². The van der Waals surface area contributed by atoms with Gasteiger partial charge in [-0.15, -0.1) is 0 Å². The fraction of sp³-hybridized carbons (Fsp3) is 0.333. The van der Waals surface area contributed by atoms with Crippen LogP contribution in [0.3, 0.4) is 0 Å². The highest BCUT2D eigenvalue weighted by Crippen LogP contribution is 2.39. The quantitative estimate of drug-likeness (QED) is 0.448. The summed E-state index contributed by atoms with van der Waals surface area (Å²) in [7, 11) is 0.953. The summed E-state index contributed by atoms with van der Waals surface area (Å²) in [6.45, 7) is 0. The van der Waals surface area contributed by atoms with Crippen LogP contribution in [0.2, 0.25) is 0 Å². The van der Waals surface area contributed by atoms with Gasteiger partial charge in [0.2, 0.25) is 0 Å². The number of hydrogen-bond donors (Lipinski definition) is 0. The van der Waals surface area contributed by atoms with E-state index in [4.69, 9.17) is 0 Å². The van der Waals surface area contributed by atoms with E-state index in [1.54, 1.807) is 0 Å². The van der Waals surface area contributed by atoms with E-state index in [-0.39, 0.29) is 0 Å². The van der Waals surface area contributed by atoms with Crippen molar-refractivity contribution in [1.29, 1.82) is 0 Å². The number of pyridine rings is 1. The topological polar surface area (TPSA) is 39.2 Å². The molecule has 0 aliphatic carbocycles. The van der Waals surface area contributed by atoms with Crippen LogP contribution in [0, 0.1) is 3.57 Å². The average molecular weight is 381 g/mol. The molecule has 0 aliphatic rings. The van der Waals surface area contributed by atoms with Crippen LogP contribution < -0.4 is 0 Å². The number of ether oxygens (including phenoxy) is 1. The van der Waals surface area contributed by atoms with E-state index >= 15 is 0 Å². The summed E-state index contributed by atoms with van der Waals surface area (Å²) >= 11 is 1.15. The van der Waals surface area contributed by atoms with E-state index in [0.717, 1.165) is 29.7 Å². The molecule has 9 heteroatoms. The molecule has 1 aromatic heterocycles. The van der Waals surface area contributed by atoms with Gasteiger partial charge in [-0.25, -0.2) is 18.6 Å². The van der Waals surface area contributed by atoms with Crippen molar-refractivity contribution in [2.75, 3.05) is 7.11 Å². The highest BCUT2D eigenvalue weighted by molar-refractivity contribution is 14.1. The van der Waals surface area contributed by atoms with Gasteiger partial charge >= 0.3 is 12.1 Å². The second-order valence-corrected chi connectivity index (χ2v) is 4.12. The van der Waals surface area contributed by atoms with E-state index in [1.165, 1.54) is 0 Å². The van der Waals surface area contributed by atoms with E-state index in [9.17, 15) is 26.7 Å². The van der Waals surface area contributed by atoms with Crippen LogP contribution in [-0.2, 0) is 10.9 Å². The third-order valence-corrected chi connectivity index (χ3v) is 3.00. The number of methoxy groups -OCH3 is 1. The van der Waals surface area contributed by atoms with E-state index in [2.05, 4.69) is 9.72 Å². The van der Waals surface area contributed by atoms with Crippen molar-refractivity contribution in [2.24, 2.45) is 0 Å². The highest BCUT2D eigenvalue weighted by Gasteiger charge is 2.40. The minimum absolute atomic E-state index is 0.335. The molecule has 0 aromatic carbocycles. The first-order chi connectivity index (χ1) is 8.20. The van der Waals surface area contributed by atoms with Crippen LogP contribution in [-0.4, -0.2) is 18.1 Å². The first-order valence-electron chi connectivity index (χ1n) is 4.32. The summed E-state index contributed by atoms with van der Waals surface area (Å²) in [6.07, 6.45) is -8.01. The lowest BCUT2D eigenvalue weighted by Gasteiger charge is -2.15. The minimum Gasteiger partial charge on any atom is -0.464 e. The maximum Gasteiger partial charge on any atom is 0.418 e. The molecule has 1 heterocycles. The number of rotatable bonds is 2. The van der Waals surface area contributed by atoms with Gasteiger partial charge in [-0.1, -0.05) is 0 Å². The maximum atomic E-state index is 12.7. The molecule has 0 aliphatic heterocycles. The molecule has 100 valence electrons. The molecular formula is C9H5F5INO2.